The van der Waals surface area contributed by atoms with Crippen LogP contribution in [0.15, 0.2) is 0 Å². The second kappa shape index (κ2) is 7.42. The van der Waals surface area contributed by atoms with E-state index in [9.17, 15) is 8.42 Å². The fourth-order valence-corrected chi connectivity index (χ4v) is 4.33. The predicted octanol–water partition coefficient (Wildman–Crippen LogP) is 2.16. The lowest BCUT2D eigenvalue weighted by Gasteiger charge is -2.46. The van der Waals surface area contributed by atoms with Crippen LogP contribution >= 0.6 is 0 Å². The van der Waals surface area contributed by atoms with Gasteiger partial charge in [0, 0.05) is 37.5 Å². The summed E-state index contributed by atoms with van der Waals surface area (Å²) in [5.41, 5.74) is 0.197. The van der Waals surface area contributed by atoms with Crippen LogP contribution in [-0.2, 0) is 9.84 Å². The van der Waals surface area contributed by atoms with Gasteiger partial charge in [-0.3, -0.25) is 4.90 Å². The zero-order chi connectivity index (χ0) is 16.3. The van der Waals surface area contributed by atoms with Gasteiger partial charge in [-0.2, -0.15) is 0 Å². The second-order valence-electron chi connectivity index (χ2n) is 7.78. The highest BCUT2D eigenvalue weighted by Gasteiger charge is 2.35. The van der Waals surface area contributed by atoms with Crippen LogP contribution in [0.25, 0.3) is 0 Å². The third kappa shape index (κ3) is 5.87. The van der Waals surface area contributed by atoms with E-state index >= 15 is 0 Å². The Labute approximate surface area is 131 Å². The summed E-state index contributed by atoms with van der Waals surface area (Å²) in [6, 6.07) is 0.849. The van der Waals surface area contributed by atoms with E-state index in [1.54, 1.807) is 0 Å². The van der Waals surface area contributed by atoms with Crippen LogP contribution in [0.5, 0.6) is 0 Å². The highest BCUT2D eigenvalue weighted by molar-refractivity contribution is 7.91. The molecule has 1 heterocycles. The monoisotopic (exact) mass is 318 g/mol. The Morgan fingerprint density at radius 1 is 1.24 bits per heavy atom. The van der Waals surface area contributed by atoms with E-state index in [2.05, 4.69) is 44.8 Å². The molecule has 1 saturated heterocycles. The summed E-state index contributed by atoms with van der Waals surface area (Å²) >= 11 is 0. The fourth-order valence-electron chi connectivity index (χ4n) is 2.99. The zero-order valence-corrected chi connectivity index (χ0v) is 15.5. The third-order valence-electron chi connectivity index (χ3n) is 4.48. The maximum Gasteiger partial charge on any atom is 0.151 e. The molecule has 0 amide bonds. The fraction of sp³-hybridized carbons (Fsp3) is 1.00. The topological polar surface area (TPSA) is 49.4 Å². The summed E-state index contributed by atoms with van der Waals surface area (Å²) in [6.45, 7) is 15.6. The largest absolute Gasteiger partial charge is 0.311 e. The lowest BCUT2D eigenvalue weighted by molar-refractivity contribution is 0.0684. The van der Waals surface area contributed by atoms with Crippen molar-refractivity contribution in [1.29, 1.82) is 0 Å². The molecular formula is C16H34N2O2S. The Bertz CT molecular complexity index is 412. The lowest BCUT2D eigenvalue weighted by atomic mass is 9.83. The Morgan fingerprint density at radius 3 is 2.33 bits per heavy atom. The number of rotatable bonds is 6. The molecule has 2 atom stereocenters. The highest BCUT2D eigenvalue weighted by Crippen LogP contribution is 2.25. The van der Waals surface area contributed by atoms with E-state index < -0.39 is 9.84 Å². The Kier molecular flexibility index (Phi) is 6.69. The molecule has 21 heavy (non-hydrogen) atoms. The van der Waals surface area contributed by atoms with Gasteiger partial charge in [0.2, 0.25) is 0 Å². The van der Waals surface area contributed by atoms with Gasteiger partial charge in [0.25, 0.3) is 0 Å². The van der Waals surface area contributed by atoms with E-state index in [0.717, 1.165) is 13.1 Å². The first-order valence-electron chi connectivity index (χ1n) is 8.24. The van der Waals surface area contributed by atoms with Crippen molar-refractivity contribution in [3.05, 3.63) is 0 Å². The molecule has 0 aliphatic carbocycles. The molecule has 126 valence electrons. The van der Waals surface area contributed by atoms with Crippen LogP contribution in [-0.4, -0.2) is 56.5 Å². The number of hydrogen-bond donors (Lipinski definition) is 1. The molecule has 0 saturated carbocycles. The molecule has 5 heteroatoms. The van der Waals surface area contributed by atoms with Gasteiger partial charge in [-0.05, 0) is 17.8 Å². The quantitative estimate of drug-likeness (QED) is 0.815. The van der Waals surface area contributed by atoms with Crippen molar-refractivity contribution in [3.8, 4) is 0 Å². The van der Waals surface area contributed by atoms with E-state index in [1.807, 2.05) is 6.92 Å². The summed E-state index contributed by atoms with van der Waals surface area (Å²) in [4.78, 5) is 2.39. The van der Waals surface area contributed by atoms with Gasteiger partial charge in [-0.15, -0.1) is 0 Å². The molecule has 0 aromatic rings. The van der Waals surface area contributed by atoms with E-state index in [4.69, 9.17) is 0 Å². The molecule has 0 radical (unpaired) electrons. The minimum Gasteiger partial charge on any atom is -0.311 e. The third-order valence-corrected chi connectivity index (χ3v) is 6.31. The first-order chi connectivity index (χ1) is 9.57. The van der Waals surface area contributed by atoms with Gasteiger partial charge in [-0.25, -0.2) is 8.42 Å². The van der Waals surface area contributed by atoms with Gasteiger partial charge in [0.05, 0.1) is 5.75 Å². The molecule has 0 bridgehead atoms. The van der Waals surface area contributed by atoms with Gasteiger partial charge >= 0.3 is 0 Å². The van der Waals surface area contributed by atoms with Crippen molar-refractivity contribution in [2.75, 3.05) is 31.1 Å². The highest BCUT2D eigenvalue weighted by atomic mass is 32.2. The number of piperazine rings is 1. The van der Waals surface area contributed by atoms with Crippen molar-refractivity contribution >= 4 is 9.84 Å². The van der Waals surface area contributed by atoms with Crippen LogP contribution in [0.4, 0.5) is 0 Å². The minimum absolute atomic E-state index is 0.197. The average molecular weight is 319 g/mol. The SMILES string of the molecule is CCCS(=O)(=O)CCN1CC(C(C)(C)C)NCC1C(C)C. The average Bonchev–Trinajstić information content (AvgIpc) is 2.34. The lowest BCUT2D eigenvalue weighted by Crippen LogP contribution is -2.62. The maximum atomic E-state index is 12.0. The van der Waals surface area contributed by atoms with Crippen molar-refractivity contribution < 1.29 is 8.42 Å². The summed E-state index contributed by atoms with van der Waals surface area (Å²) in [5, 5.41) is 3.65. The minimum atomic E-state index is -2.90. The summed E-state index contributed by atoms with van der Waals surface area (Å²) < 4.78 is 24.0. The van der Waals surface area contributed by atoms with Crippen molar-refractivity contribution in [2.45, 2.75) is 60.0 Å². The molecule has 0 spiro atoms. The number of sulfone groups is 1. The first kappa shape index (κ1) is 18.9. The van der Waals surface area contributed by atoms with E-state index in [1.165, 1.54) is 0 Å². The number of hydrogen-bond acceptors (Lipinski definition) is 4. The molecule has 0 aromatic carbocycles. The van der Waals surface area contributed by atoms with Gasteiger partial charge in [0.1, 0.15) is 0 Å². The standard InChI is InChI=1S/C16H34N2O2S/c1-7-9-21(19,20)10-8-18-12-15(16(4,5)6)17-11-14(18)13(2)3/h13-15,17H,7-12H2,1-6H3. The predicted molar refractivity (Wildman–Crippen MR) is 90.4 cm³/mol. The molecule has 1 fully saturated rings. The maximum absolute atomic E-state index is 12.0. The summed E-state index contributed by atoms with van der Waals surface area (Å²) in [7, 11) is -2.90. The van der Waals surface area contributed by atoms with E-state index in [-0.39, 0.29) is 5.41 Å². The molecule has 2 unspecified atom stereocenters. The summed E-state index contributed by atoms with van der Waals surface area (Å²) in [6.07, 6.45) is 0.710. The molecule has 1 N–H and O–H groups in total. The van der Waals surface area contributed by atoms with Crippen molar-refractivity contribution in [3.63, 3.8) is 0 Å². The van der Waals surface area contributed by atoms with Crippen molar-refractivity contribution in [1.82, 2.24) is 10.2 Å². The molecule has 1 aliphatic rings. The number of nitrogens with one attached hydrogen (secondary N) is 1. The van der Waals surface area contributed by atoms with Crippen LogP contribution in [0, 0.1) is 11.3 Å². The molecule has 1 rings (SSSR count). The van der Waals surface area contributed by atoms with E-state index in [0.29, 0.717) is 42.5 Å². The van der Waals surface area contributed by atoms with Crippen LogP contribution < -0.4 is 5.32 Å². The second-order valence-corrected chi connectivity index (χ2v) is 10.1. The molecule has 1 aliphatic heterocycles. The Hall–Kier alpha value is -0.130. The number of nitrogens with zero attached hydrogens (tertiary/aromatic N) is 1. The van der Waals surface area contributed by atoms with Gasteiger partial charge in [-0.1, -0.05) is 41.5 Å². The normalized spacial score (nSPS) is 25.5. The van der Waals surface area contributed by atoms with Crippen LogP contribution in [0.1, 0.15) is 48.0 Å². The van der Waals surface area contributed by atoms with Crippen molar-refractivity contribution in [2.24, 2.45) is 11.3 Å². The van der Waals surface area contributed by atoms with Gasteiger partial charge in [0.15, 0.2) is 9.84 Å². The van der Waals surface area contributed by atoms with Crippen LogP contribution in [0.3, 0.4) is 0 Å². The molecular weight excluding hydrogens is 284 g/mol. The molecule has 4 nitrogen and oxygen atoms in total. The Balaban J connectivity index is 2.72. The first-order valence-corrected chi connectivity index (χ1v) is 10.1. The smallest absolute Gasteiger partial charge is 0.151 e. The summed E-state index contributed by atoms with van der Waals surface area (Å²) in [5.74, 6) is 1.14. The van der Waals surface area contributed by atoms with Gasteiger partial charge < -0.3 is 5.32 Å². The Morgan fingerprint density at radius 2 is 1.86 bits per heavy atom. The van der Waals surface area contributed by atoms with Crippen LogP contribution in [0.2, 0.25) is 0 Å². The molecule has 0 aromatic heterocycles. The zero-order valence-electron chi connectivity index (χ0n) is 14.6.